The normalized spacial score (nSPS) is 15.5. The van der Waals surface area contributed by atoms with E-state index in [0.29, 0.717) is 11.3 Å². The van der Waals surface area contributed by atoms with Crippen LogP contribution in [0.4, 0.5) is 15.8 Å². The van der Waals surface area contributed by atoms with Crippen LogP contribution in [0, 0.1) is 5.82 Å². The van der Waals surface area contributed by atoms with Crippen molar-refractivity contribution >= 4 is 35.0 Å². The van der Waals surface area contributed by atoms with E-state index in [1.807, 2.05) is 48.5 Å². The van der Waals surface area contributed by atoms with Crippen LogP contribution >= 0.6 is 11.8 Å². The number of anilines is 2. The highest BCUT2D eigenvalue weighted by atomic mass is 32.2. The highest BCUT2D eigenvalue weighted by Crippen LogP contribution is 2.43. The second-order valence-corrected chi connectivity index (χ2v) is 9.53. The minimum absolute atomic E-state index is 0.135. The highest BCUT2D eigenvalue weighted by Gasteiger charge is 2.35. The third kappa shape index (κ3) is 5.68. The highest BCUT2D eigenvalue weighted by molar-refractivity contribution is 8.00. The maximum Gasteiger partial charge on any atom is 0.255 e. The van der Waals surface area contributed by atoms with Gasteiger partial charge in [0.1, 0.15) is 11.2 Å². The van der Waals surface area contributed by atoms with Crippen LogP contribution in [0.25, 0.3) is 0 Å². The van der Waals surface area contributed by atoms with Gasteiger partial charge in [0.15, 0.2) is 0 Å². The van der Waals surface area contributed by atoms with Gasteiger partial charge < -0.3 is 5.32 Å². The predicted molar refractivity (Wildman–Crippen MR) is 138 cm³/mol. The van der Waals surface area contributed by atoms with Gasteiger partial charge in [-0.15, -0.1) is 11.8 Å². The van der Waals surface area contributed by atoms with E-state index in [1.54, 1.807) is 18.2 Å². The Labute approximate surface area is 204 Å². The number of nitrogens with one attached hydrogen (secondary N) is 1. The molecule has 1 aliphatic heterocycles. The third-order valence-corrected chi connectivity index (χ3v) is 7.16. The summed E-state index contributed by atoms with van der Waals surface area (Å²) >= 11 is 1.45. The lowest BCUT2D eigenvalue weighted by Gasteiger charge is -2.25. The first kappa shape index (κ1) is 24.0. The number of hydrogen-bond acceptors (Lipinski definition) is 3. The summed E-state index contributed by atoms with van der Waals surface area (Å²) in [5, 5.41) is 2.60. The SMILES string of the molecule is CCCCCCc1ccc(C(=O)Nc2cccc(C3SCC(=O)N3c3ccccc3F)c2)cc1. The Morgan fingerprint density at radius 2 is 1.82 bits per heavy atom. The minimum atomic E-state index is -0.429. The molecular formula is C28H29FN2O2S. The maximum atomic E-state index is 14.4. The summed E-state index contributed by atoms with van der Waals surface area (Å²) in [6.45, 7) is 2.20. The number of halogens is 1. The van der Waals surface area contributed by atoms with Crippen LogP contribution in [0.3, 0.4) is 0 Å². The lowest BCUT2D eigenvalue weighted by Crippen LogP contribution is -2.28. The second kappa shape index (κ2) is 11.3. The van der Waals surface area contributed by atoms with Gasteiger partial charge in [0, 0.05) is 11.3 Å². The average molecular weight is 477 g/mol. The van der Waals surface area contributed by atoms with E-state index in [9.17, 15) is 14.0 Å². The number of aryl methyl sites for hydroxylation is 1. The number of hydrogen-bond donors (Lipinski definition) is 1. The summed E-state index contributed by atoms with van der Waals surface area (Å²) in [4.78, 5) is 26.9. The van der Waals surface area contributed by atoms with Gasteiger partial charge in [-0.3, -0.25) is 14.5 Å². The number of amides is 2. The molecule has 1 heterocycles. The summed E-state index contributed by atoms with van der Waals surface area (Å²) < 4.78 is 14.4. The number of thioether (sulfide) groups is 1. The molecule has 0 aromatic heterocycles. The van der Waals surface area contributed by atoms with Gasteiger partial charge in [0.05, 0.1) is 11.4 Å². The number of carbonyl (C=O) groups excluding carboxylic acids is 2. The topological polar surface area (TPSA) is 49.4 Å². The van der Waals surface area contributed by atoms with E-state index < -0.39 is 5.82 Å². The molecule has 1 fully saturated rings. The van der Waals surface area contributed by atoms with Crippen LogP contribution in [0.15, 0.2) is 72.8 Å². The van der Waals surface area contributed by atoms with E-state index in [-0.39, 0.29) is 28.6 Å². The largest absolute Gasteiger partial charge is 0.322 e. The first-order valence-electron chi connectivity index (χ1n) is 11.7. The number of carbonyl (C=O) groups is 2. The molecule has 0 saturated carbocycles. The molecule has 0 aliphatic carbocycles. The van der Waals surface area contributed by atoms with E-state index in [0.717, 1.165) is 18.4 Å². The molecule has 1 aliphatic rings. The Kier molecular flexibility index (Phi) is 8.01. The summed E-state index contributed by atoms with van der Waals surface area (Å²) in [7, 11) is 0. The zero-order valence-electron chi connectivity index (χ0n) is 19.3. The molecular weight excluding hydrogens is 447 g/mol. The van der Waals surface area contributed by atoms with Gasteiger partial charge in [-0.2, -0.15) is 0 Å². The van der Waals surface area contributed by atoms with Crippen molar-refractivity contribution in [3.8, 4) is 0 Å². The molecule has 2 amide bonds. The molecule has 1 saturated heterocycles. The molecule has 1 unspecified atom stereocenters. The van der Waals surface area contributed by atoms with Crippen molar-refractivity contribution in [3.05, 3.63) is 95.3 Å². The predicted octanol–water partition coefficient (Wildman–Crippen LogP) is 6.98. The Bertz CT molecular complexity index is 1150. The van der Waals surface area contributed by atoms with Gasteiger partial charge in [0.25, 0.3) is 5.91 Å². The third-order valence-electron chi connectivity index (χ3n) is 5.94. The first-order chi connectivity index (χ1) is 16.6. The molecule has 1 atom stereocenters. The molecule has 1 N–H and O–H groups in total. The fraction of sp³-hybridized carbons (Fsp3) is 0.286. The molecule has 3 aromatic carbocycles. The number of rotatable bonds is 9. The van der Waals surface area contributed by atoms with Crippen LogP contribution in [0.1, 0.15) is 59.5 Å². The molecule has 176 valence electrons. The zero-order valence-corrected chi connectivity index (χ0v) is 20.1. The summed E-state index contributed by atoms with van der Waals surface area (Å²) in [5.41, 5.74) is 3.58. The van der Waals surface area contributed by atoms with Gasteiger partial charge >= 0.3 is 0 Å². The first-order valence-corrected chi connectivity index (χ1v) is 12.8. The average Bonchev–Trinajstić information content (AvgIpc) is 3.24. The Morgan fingerprint density at radius 3 is 2.59 bits per heavy atom. The monoisotopic (exact) mass is 476 g/mol. The Morgan fingerprint density at radius 1 is 1.03 bits per heavy atom. The Balaban J connectivity index is 1.45. The zero-order chi connectivity index (χ0) is 23.9. The van der Waals surface area contributed by atoms with Crippen molar-refractivity contribution in [2.24, 2.45) is 0 Å². The maximum absolute atomic E-state index is 14.4. The quantitative estimate of drug-likeness (QED) is 0.339. The van der Waals surface area contributed by atoms with Crippen molar-refractivity contribution in [3.63, 3.8) is 0 Å². The van der Waals surface area contributed by atoms with Crippen molar-refractivity contribution in [2.75, 3.05) is 16.0 Å². The van der Waals surface area contributed by atoms with Crippen LogP contribution in [0.2, 0.25) is 0 Å². The smallest absolute Gasteiger partial charge is 0.255 e. The van der Waals surface area contributed by atoms with Crippen molar-refractivity contribution in [2.45, 2.75) is 44.4 Å². The molecule has 0 spiro atoms. The van der Waals surface area contributed by atoms with E-state index in [2.05, 4.69) is 12.2 Å². The van der Waals surface area contributed by atoms with E-state index in [4.69, 9.17) is 0 Å². The van der Waals surface area contributed by atoms with Crippen molar-refractivity contribution in [1.29, 1.82) is 0 Å². The summed E-state index contributed by atoms with van der Waals surface area (Å²) in [5.74, 6) is -0.470. The Hall–Kier alpha value is -3.12. The summed E-state index contributed by atoms with van der Waals surface area (Å²) in [6.07, 6.45) is 5.90. The van der Waals surface area contributed by atoms with Crippen LogP contribution in [-0.4, -0.2) is 17.6 Å². The van der Waals surface area contributed by atoms with Crippen LogP contribution in [0.5, 0.6) is 0 Å². The lowest BCUT2D eigenvalue weighted by atomic mass is 10.0. The van der Waals surface area contributed by atoms with Crippen molar-refractivity contribution < 1.29 is 14.0 Å². The van der Waals surface area contributed by atoms with Crippen molar-refractivity contribution in [1.82, 2.24) is 0 Å². The molecule has 0 radical (unpaired) electrons. The molecule has 6 heteroatoms. The molecule has 4 rings (SSSR count). The molecule has 3 aromatic rings. The van der Waals surface area contributed by atoms with Gasteiger partial charge in [-0.05, 0) is 60.4 Å². The number of para-hydroxylation sites is 1. The fourth-order valence-electron chi connectivity index (χ4n) is 4.13. The molecule has 34 heavy (non-hydrogen) atoms. The standard InChI is InChI=1S/C28H29FN2O2S/c1-2-3-4-5-9-20-14-16-21(17-15-20)27(33)30-23-11-8-10-22(18-23)28-31(26(32)19-34-28)25-13-7-6-12-24(25)29/h6-8,10-18,28H,2-5,9,19H2,1H3,(H,30,33). The molecule has 0 bridgehead atoms. The molecule has 4 nitrogen and oxygen atoms in total. The van der Waals surface area contributed by atoms with Gasteiger partial charge in [-0.1, -0.05) is 62.6 Å². The van der Waals surface area contributed by atoms with Gasteiger partial charge in [0.2, 0.25) is 5.91 Å². The van der Waals surface area contributed by atoms with Crippen LogP contribution < -0.4 is 10.2 Å². The number of unbranched alkanes of at least 4 members (excludes halogenated alkanes) is 3. The minimum Gasteiger partial charge on any atom is -0.322 e. The number of nitrogens with zero attached hydrogens (tertiary/aromatic N) is 1. The lowest BCUT2D eigenvalue weighted by molar-refractivity contribution is -0.115. The van der Waals surface area contributed by atoms with Crippen LogP contribution in [-0.2, 0) is 11.2 Å². The van der Waals surface area contributed by atoms with E-state index >= 15 is 0 Å². The number of benzene rings is 3. The van der Waals surface area contributed by atoms with E-state index in [1.165, 1.54) is 47.6 Å². The van der Waals surface area contributed by atoms with Gasteiger partial charge in [-0.25, -0.2) is 4.39 Å². The fourth-order valence-corrected chi connectivity index (χ4v) is 5.29. The second-order valence-electron chi connectivity index (χ2n) is 8.47. The summed E-state index contributed by atoms with van der Waals surface area (Å²) in [6, 6.07) is 21.5.